The first-order chi connectivity index (χ1) is 17.3. The van der Waals surface area contributed by atoms with Crippen LogP contribution >= 0.6 is 11.6 Å². The fraction of sp³-hybridized carbons (Fsp3) is 0.292. The van der Waals surface area contributed by atoms with Gasteiger partial charge in [0.05, 0.1) is 24.5 Å². The van der Waals surface area contributed by atoms with Crippen molar-refractivity contribution in [3.8, 4) is 17.0 Å². The molecule has 0 bridgehead atoms. The topological polar surface area (TPSA) is 109 Å². The van der Waals surface area contributed by atoms with Gasteiger partial charge in [-0.25, -0.2) is 4.98 Å². The maximum atomic E-state index is 13.0. The molecule has 4 heterocycles. The zero-order valence-corrected chi connectivity index (χ0v) is 19.7. The second-order valence-electron chi connectivity index (χ2n) is 8.31. The summed E-state index contributed by atoms with van der Waals surface area (Å²) in [7, 11) is 0. The molecule has 0 spiro atoms. The van der Waals surface area contributed by atoms with E-state index < -0.39 is 11.5 Å². The summed E-state index contributed by atoms with van der Waals surface area (Å²) in [6.07, 6.45) is 2.18. The van der Waals surface area contributed by atoms with Crippen LogP contribution in [0, 0.1) is 0 Å². The number of rotatable bonds is 6. The second-order valence-corrected chi connectivity index (χ2v) is 8.75. The summed E-state index contributed by atoms with van der Waals surface area (Å²) in [6.45, 7) is 2.96. The maximum absolute atomic E-state index is 13.0. The van der Waals surface area contributed by atoms with E-state index in [0.717, 1.165) is 5.56 Å². The number of anilines is 2. The molecule has 2 aliphatic rings. The molecule has 0 saturated carbocycles. The zero-order valence-electron chi connectivity index (χ0n) is 18.9. The Bertz CT molecular complexity index is 1290. The lowest BCUT2D eigenvalue weighted by Crippen LogP contribution is -2.37. The number of fused-ring (bicyclic) bond motifs is 1. The molecule has 0 radical (unpaired) electrons. The first kappa shape index (κ1) is 24.0. The van der Waals surface area contributed by atoms with Gasteiger partial charge in [0.15, 0.2) is 0 Å². The van der Waals surface area contributed by atoms with E-state index in [4.69, 9.17) is 16.3 Å². The number of aromatic amines is 1. The van der Waals surface area contributed by atoms with Gasteiger partial charge in [-0.2, -0.15) is 0 Å². The Hall–Kier alpha value is -3.70. The molecule has 1 saturated heterocycles. The molecule has 0 unspecified atom stereocenters. The largest absolute Gasteiger partial charge is 0.487 e. The van der Waals surface area contributed by atoms with Gasteiger partial charge in [-0.1, -0.05) is 0 Å². The summed E-state index contributed by atoms with van der Waals surface area (Å²) in [6, 6.07) is 9.01. The summed E-state index contributed by atoms with van der Waals surface area (Å²) in [4.78, 5) is 35.2. The summed E-state index contributed by atoms with van der Waals surface area (Å²) in [5.74, 6) is -0.0803. The van der Waals surface area contributed by atoms with Crippen LogP contribution in [-0.2, 0) is 11.2 Å². The lowest BCUT2D eigenvalue weighted by Gasteiger charge is -2.29. The van der Waals surface area contributed by atoms with Gasteiger partial charge in [-0.05, 0) is 48.4 Å². The first-order valence-electron chi connectivity index (χ1n) is 11.3. The lowest BCUT2D eigenvalue weighted by atomic mass is 10.1. The highest BCUT2D eigenvalue weighted by Crippen LogP contribution is 2.33. The van der Waals surface area contributed by atoms with Crippen molar-refractivity contribution in [2.45, 2.75) is 12.0 Å². The van der Waals surface area contributed by atoms with Crippen molar-refractivity contribution in [2.75, 3.05) is 43.1 Å². The molecule has 0 aliphatic carbocycles. The van der Waals surface area contributed by atoms with Crippen molar-refractivity contribution in [3.63, 3.8) is 0 Å². The Balaban J connectivity index is 1.44. The molecule has 36 heavy (non-hydrogen) atoms. The van der Waals surface area contributed by atoms with Gasteiger partial charge in [-0.15, -0.1) is 8.78 Å². The van der Waals surface area contributed by atoms with Crippen molar-refractivity contribution in [2.24, 2.45) is 0 Å². The van der Waals surface area contributed by atoms with Crippen molar-refractivity contribution >= 4 is 34.9 Å². The number of hydrogen-bond donors (Lipinski definition) is 3. The molecule has 1 aromatic carbocycles. The minimum Gasteiger partial charge on any atom is -0.420 e. The minimum absolute atomic E-state index is 0.147. The van der Waals surface area contributed by atoms with E-state index in [9.17, 15) is 18.4 Å². The number of nitrogens with one attached hydrogen (secondary N) is 3. The summed E-state index contributed by atoms with van der Waals surface area (Å²) in [5.41, 5.74) is -0.399. The highest BCUT2D eigenvalue weighted by molar-refractivity contribution is 6.20. The Labute approximate surface area is 209 Å². The van der Waals surface area contributed by atoms with E-state index in [1.165, 1.54) is 30.5 Å². The lowest BCUT2D eigenvalue weighted by molar-refractivity contribution is -0.0964. The number of hydrogen-bond acceptors (Lipinski definition) is 6. The average Bonchev–Trinajstić information content (AvgIpc) is 3.30. The summed E-state index contributed by atoms with van der Waals surface area (Å²) >= 11 is 4.78. The summed E-state index contributed by atoms with van der Waals surface area (Å²) < 4.78 is 35.4. The van der Waals surface area contributed by atoms with Gasteiger partial charge >= 0.3 is 5.57 Å². The Morgan fingerprint density at radius 1 is 1.19 bits per heavy atom. The fourth-order valence-corrected chi connectivity index (χ4v) is 4.28. The molecule has 5 rings (SSSR count). The molecule has 3 N–H and O–H groups in total. The van der Waals surface area contributed by atoms with Crippen molar-refractivity contribution in [3.05, 3.63) is 59.4 Å². The predicted molar refractivity (Wildman–Crippen MR) is 129 cm³/mol. The number of carbonyl (C=O) groups excluding carboxylic acids is 2. The van der Waals surface area contributed by atoms with Gasteiger partial charge in [0.25, 0.3) is 11.8 Å². The standard InChI is InChI=1S/C24H22ClF2N5O4/c25-24(26,27)36-17-3-1-16(2-4-17)30-22(33)15-11-18(21(29-13-15)32-7-9-35-10-8-32)19-12-14-5-6-28-23(34)20(14)31-19/h1-4,11-13,31H,5-10H2,(H,28,34)(H,30,33). The molecular weight excluding hydrogens is 496 g/mol. The molecule has 2 aromatic heterocycles. The van der Waals surface area contributed by atoms with Gasteiger partial charge in [-0.3, -0.25) is 9.59 Å². The number of nitrogens with zero attached hydrogens (tertiary/aromatic N) is 2. The molecule has 3 aromatic rings. The number of alkyl halides is 3. The smallest absolute Gasteiger partial charge is 0.420 e. The van der Waals surface area contributed by atoms with Crippen molar-refractivity contribution in [1.82, 2.24) is 15.3 Å². The number of halogens is 3. The molecule has 0 atom stereocenters. The van der Waals surface area contributed by atoms with Crippen LogP contribution in [0.4, 0.5) is 20.3 Å². The SMILES string of the molecule is O=C(Nc1ccc(OC(F)(F)Cl)cc1)c1cnc(N2CCOCC2)c(-c2cc3c([nH]2)C(=O)NCC3)c1. The molecule has 1 fully saturated rings. The van der Waals surface area contributed by atoms with E-state index in [1.54, 1.807) is 6.07 Å². The highest BCUT2D eigenvalue weighted by atomic mass is 35.5. The quantitative estimate of drug-likeness (QED) is 0.431. The van der Waals surface area contributed by atoms with Crippen molar-refractivity contribution in [1.29, 1.82) is 0 Å². The maximum Gasteiger partial charge on any atom is 0.487 e. The molecule has 2 amide bonds. The number of benzene rings is 1. The third-order valence-corrected chi connectivity index (χ3v) is 5.96. The molecule has 12 heteroatoms. The van der Waals surface area contributed by atoms with Crippen LogP contribution in [0.15, 0.2) is 42.6 Å². The third kappa shape index (κ3) is 5.26. The zero-order chi connectivity index (χ0) is 25.3. The molecular formula is C24H22ClF2N5O4. The van der Waals surface area contributed by atoms with Crippen LogP contribution < -0.4 is 20.3 Å². The van der Waals surface area contributed by atoms with Crippen LogP contribution in [0.1, 0.15) is 26.4 Å². The number of H-pyrrole nitrogens is 1. The Morgan fingerprint density at radius 2 is 1.94 bits per heavy atom. The van der Waals surface area contributed by atoms with Crippen LogP contribution in [0.2, 0.25) is 0 Å². The average molecular weight is 518 g/mol. The number of pyridine rings is 1. The van der Waals surface area contributed by atoms with E-state index in [-0.39, 0.29) is 17.2 Å². The molecule has 2 aliphatic heterocycles. The second kappa shape index (κ2) is 9.75. The van der Waals surface area contributed by atoms with Crippen molar-refractivity contribution < 1.29 is 27.8 Å². The minimum atomic E-state index is -3.83. The van der Waals surface area contributed by atoms with Crippen LogP contribution in [-0.4, -0.2) is 60.2 Å². The van der Waals surface area contributed by atoms with E-state index in [1.807, 2.05) is 6.07 Å². The monoisotopic (exact) mass is 517 g/mol. The normalized spacial score (nSPS) is 15.8. The predicted octanol–water partition coefficient (Wildman–Crippen LogP) is 3.62. The van der Waals surface area contributed by atoms with Gasteiger partial charge in [0, 0.05) is 48.7 Å². The number of carbonyl (C=O) groups is 2. The number of morpholine rings is 1. The number of amides is 2. The van der Waals surface area contributed by atoms with E-state index in [0.29, 0.717) is 67.7 Å². The van der Waals surface area contributed by atoms with Gasteiger partial charge < -0.3 is 30.0 Å². The number of ether oxygens (including phenoxy) is 2. The van der Waals surface area contributed by atoms with Crippen LogP contribution in [0.5, 0.6) is 5.75 Å². The Morgan fingerprint density at radius 3 is 2.64 bits per heavy atom. The fourth-order valence-electron chi connectivity index (χ4n) is 4.19. The van der Waals surface area contributed by atoms with Crippen LogP contribution in [0.25, 0.3) is 11.3 Å². The third-order valence-electron chi connectivity index (χ3n) is 5.88. The molecule has 9 nitrogen and oxygen atoms in total. The first-order valence-corrected chi connectivity index (χ1v) is 11.6. The highest BCUT2D eigenvalue weighted by Gasteiger charge is 2.28. The Kier molecular flexibility index (Phi) is 6.50. The van der Waals surface area contributed by atoms with Gasteiger partial charge in [0.1, 0.15) is 17.3 Å². The van der Waals surface area contributed by atoms with Crippen LogP contribution in [0.3, 0.4) is 0 Å². The molecule has 188 valence electrons. The van der Waals surface area contributed by atoms with E-state index in [2.05, 4.69) is 30.2 Å². The van der Waals surface area contributed by atoms with E-state index >= 15 is 0 Å². The van der Waals surface area contributed by atoms with Gasteiger partial charge in [0.2, 0.25) is 0 Å². The number of aromatic nitrogens is 2. The summed E-state index contributed by atoms with van der Waals surface area (Å²) in [5, 5.41) is 5.54.